The van der Waals surface area contributed by atoms with E-state index in [0.29, 0.717) is 28.8 Å². The van der Waals surface area contributed by atoms with E-state index in [1.807, 2.05) is 31.2 Å². The molecule has 1 aliphatic heterocycles. The highest BCUT2D eigenvalue weighted by Crippen LogP contribution is 2.36. The van der Waals surface area contributed by atoms with Gasteiger partial charge in [0.05, 0.1) is 7.11 Å². The molecule has 2 aromatic heterocycles. The van der Waals surface area contributed by atoms with Crippen LogP contribution in [0.3, 0.4) is 0 Å². The van der Waals surface area contributed by atoms with Gasteiger partial charge in [-0.3, -0.25) is 0 Å². The van der Waals surface area contributed by atoms with Crippen molar-refractivity contribution < 1.29 is 18.7 Å². The molecule has 0 amide bonds. The van der Waals surface area contributed by atoms with Crippen molar-refractivity contribution in [1.82, 2.24) is 25.1 Å². The van der Waals surface area contributed by atoms with Gasteiger partial charge in [-0.2, -0.15) is 9.67 Å². The third kappa shape index (κ3) is 2.81. The Labute approximate surface area is 164 Å². The van der Waals surface area contributed by atoms with Crippen molar-refractivity contribution in [3.05, 3.63) is 42.0 Å². The highest BCUT2D eigenvalue weighted by atomic mass is 16.7. The maximum atomic E-state index is 6.28. The van der Waals surface area contributed by atoms with Gasteiger partial charge >= 0.3 is 0 Å². The maximum Gasteiger partial charge on any atom is 0.282 e. The number of aromatic nitrogens is 5. The minimum Gasteiger partial charge on any atom is -0.494 e. The number of rotatable bonds is 4. The Morgan fingerprint density at radius 2 is 1.97 bits per heavy atom. The Hall–Kier alpha value is -4.08. The molecule has 0 unspecified atom stereocenters. The van der Waals surface area contributed by atoms with Gasteiger partial charge in [0.2, 0.25) is 12.6 Å². The van der Waals surface area contributed by atoms with Crippen molar-refractivity contribution in [1.29, 1.82) is 0 Å². The number of hydrogen-bond acceptors (Lipinski definition) is 9. The maximum absolute atomic E-state index is 6.28. The zero-order valence-electron chi connectivity index (χ0n) is 15.6. The van der Waals surface area contributed by atoms with E-state index in [0.717, 1.165) is 11.1 Å². The van der Waals surface area contributed by atoms with Gasteiger partial charge in [-0.05, 0) is 42.8 Å². The van der Waals surface area contributed by atoms with Crippen molar-refractivity contribution in [2.24, 2.45) is 0 Å². The summed E-state index contributed by atoms with van der Waals surface area (Å²) in [5, 5.41) is 12.3. The summed E-state index contributed by atoms with van der Waals surface area (Å²) in [5.74, 6) is 2.72. The van der Waals surface area contributed by atoms with E-state index in [-0.39, 0.29) is 24.2 Å². The zero-order valence-corrected chi connectivity index (χ0v) is 15.6. The number of nitrogens with zero attached hydrogens (tertiary/aromatic N) is 5. The van der Waals surface area contributed by atoms with Crippen molar-refractivity contribution >= 4 is 5.82 Å². The lowest BCUT2D eigenvalue weighted by Gasteiger charge is -2.09. The molecule has 2 aromatic carbocycles. The molecule has 0 spiro atoms. The Balaban J connectivity index is 1.52. The van der Waals surface area contributed by atoms with Crippen LogP contribution in [0.25, 0.3) is 28.7 Å². The van der Waals surface area contributed by atoms with Crippen molar-refractivity contribution in [3.8, 4) is 45.9 Å². The van der Waals surface area contributed by atoms with Gasteiger partial charge in [0.1, 0.15) is 11.4 Å². The molecule has 2 N–H and O–H groups in total. The average Bonchev–Trinajstić information content (AvgIpc) is 3.46. The standard InChI is InChI=1S/C19H16N6O4/c1-10-3-5-13(26-2)12(7-10)25-17(20)16(22-24-25)19-21-18(23-29-19)11-4-6-14-15(8-11)28-9-27-14/h3-8H,9,20H2,1-2H3. The molecule has 3 heterocycles. The van der Waals surface area contributed by atoms with Gasteiger partial charge in [0.25, 0.3) is 5.89 Å². The number of methoxy groups -OCH3 is 1. The predicted octanol–water partition coefficient (Wildman–Crippen LogP) is 2.61. The van der Waals surface area contributed by atoms with Crippen LogP contribution in [-0.4, -0.2) is 39.0 Å². The summed E-state index contributed by atoms with van der Waals surface area (Å²) in [7, 11) is 1.58. The lowest BCUT2D eigenvalue weighted by molar-refractivity contribution is 0.174. The molecule has 1 aliphatic rings. The lowest BCUT2D eigenvalue weighted by Crippen LogP contribution is -2.04. The molecule has 0 aliphatic carbocycles. The van der Waals surface area contributed by atoms with Crippen LogP contribution >= 0.6 is 0 Å². The van der Waals surface area contributed by atoms with Crippen molar-refractivity contribution in [3.63, 3.8) is 0 Å². The molecular weight excluding hydrogens is 376 g/mol. The molecule has 146 valence electrons. The first kappa shape index (κ1) is 17.0. The summed E-state index contributed by atoms with van der Waals surface area (Å²) >= 11 is 0. The molecule has 0 atom stereocenters. The molecule has 10 nitrogen and oxygen atoms in total. The van der Waals surface area contributed by atoms with Crippen molar-refractivity contribution in [2.45, 2.75) is 6.92 Å². The highest BCUT2D eigenvalue weighted by Gasteiger charge is 2.22. The van der Waals surface area contributed by atoms with Crippen molar-refractivity contribution in [2.75, 3.05) is 19.6 Å². The summed E-state index contributed by atoms with van der Waals surface area (Å²) in [6, 6.07) is 11.1. The van der Waals surface area contributed by atoms with Crippen LogP contribution in [0.2, 0.25) is 0 Å². The van der Waals surface area contributed by atoms with Gasteiger partial charge in [0.15, 0.2) is 23.0 Å². The Kier molecular flexibility index (Phi) is 3.83. The van der Waals surface area contributed by atoms with Gasteiger partial charge < -0.3 is 24.5 Å². The smallest absolute Gasteiger partial charge is 0.282 e. The SMILES string of the molecule is COc1ccc(C)cc1-n1nnc(-c2nc(-c3ccc4c(c3)OCO4)no2)c1N. The molecular formula is C19H16N6O4. The minimum absolute atomic E-state index is 0.160. The van der Waals surface area contributed by atoms with E-state index in [4.69, 9.17) is 24.5 Å². The first-order chi connectivity index (χ1) is 14.1. The predicted molar refractivity (Wildman–Crippen MR) is 102 cm³/mol. The van der Waals surface area contributed by atoms with E-state index in [9.17, 15) is 0 Å². The third-order valence-electron chi connectivity index (χ3n) is 4.53. The molecule has 0 saturated heterocycles. The quantitative estimate of drug-likeness (QED) is 0.558. The number of fused-ring (bicyclic) bond motifs is 1. The molecule has 5 rings (SSSR count). The van der Waals surface area contributed by atoms with Gasteiger partial charge in [0, 0.05) is 5.56 Å². The fourth-order valence-electron chi connectivity index (χ4n) is 3.06. The van der Waals surface area contributed by atoms with E-state index < -0.39 is 0 Å². The van der Waals surface area contributed by atoms with E-state index in [2.05, 4.69) is 20.5 Å². The minimum atomic E-state index is 0.160. The number of nitrogen functional groups attached to an aromatic ring is 1. The number of ether oxygens (including phenoxy) is 3. The number of aryl methyl sites for hydroxylation is 1. The topological polar surface area (TPSA) is 123 Å². The summed E-state index contributed by atoms with van der Waals surface area (Å²) in [4.78, 5) is 4.40. The second kappa shape index (κ2) is 6.51. The van der Waals surface area contributed by atoms with Crippen LogP contribution in [0.5, 0.6) is 17.2 Å². The average molecular weight is 392 g/mol. The zero-order chi connectivity index (χ0) is 20.0. The third-order valence-corrected chi connectivity index (χ3v) is 4.53. The van der Waals surface area contributed by atoms with Crippen LogP contribution in [0.4, 0.5) is 5.82 Å². The number of hydrogen-bond donors (Lipinski definition) is 1. The molecule has 29 heavy (non-hydrogen) atoms. The van der Waals surface area contributed by atoms with Crippen LogP contribution in [0.1, 0.15) is 5.56 Å². The van der Waals surface area contributed by atoms with Crippen LogP contribution in [0.15, 0.2) is 40.9 Å². The Morgan fingerprint density at radius 3 is 2.83 bits per heavy atom. The number of benzene rings is 2. The lowest BCUT2D eigenvalue weighted by atomic mass is 10.2. The molecule has 0 bridgehead atoms. The molecule has 0 fully saturated rings. The van der Waals surface area contributed by atoms with E-state index >= 15 is 0 Å². The van der Waals surface area contributed by atoms with Crippen LogP contribution in [-0.2, 0) is 0 Å². The van der Waals surface area contributed by atoms with E-state index in [1.165, 1.54) is 4.68 Å². The first-order valence-electron chi connectivity index (χ1n) is 8.74. The Bertz CT molecular complexity index is 1220. The largest absolute Gasteiger partial charge is 0.494 e. The second-order valence-corrected chi connectivity index (χ2v) is 6.40. The fraction of sp³-hybridized carbons (Fsp3) is 0.158. The van der Waals surface area contributed by atoms with E-state index in [1.54, 1.807) is 19.2 Å². The molecule has 4 aromatic rings. The molecule has 0 saturated carbocycles. The van der Waals surface area contributed by atoms with Gasteiger partial charge in [-0.15, -0.1) is 5.10 Å². The second-order valence-electron chi connectivity index (χ2n) is 6.40. The summed E-state index contributed by atoms with van der Waals surface area (Å²) in [5.41, 5.74) is 8.98. The highest BCUT2D eigenvalue weighted by molar-refractivity contribution is 5.68. The number of anilines is 1. The Morgan fingerprint density at radius 1 is 1.10 bits per heavy atom. The van der Waals surface area contributed by atoms with Gasteiger partial charge in [-0.1, -0.05) is 16.4 Å². The fourth-order valence-corrected chi connectivity index (χ4v) is 3.06. The van der Waals surface area contributed by atoms with Gasteiger partial charge in [-0.25, -0.2) is 0 Å². The summed E-state index contributed by atoms with van der Waals surface area (Å²) < 4.78 is 23.0. The first-order valence-corrected chi connectivity index (χ1v) is 8.74. The molecule has 0 radical (unpaired) electrons. The summed E-state index contributed by atoms with van der Waals surface area (Å²) in [6.07, 6.45) is 0. The summed E-state index contributed by atoms with van der Waals surface area (Å²) in [6.45, 7) is 2.16. The molecule has 10 heteroatoms. The monoisotopic (exact) mass is 392 g/mol. The normalized spacial score (nSPS) is 12.3. The van der Waals surface area contributed by atoms with Crippen LogP contribution < -0.4 is 19.9 Å². The van der Waals surface area contributed by atoms with Crippen LogP contribution in [0, 0.1) is 6.92 Å². The number of nitrogens with two attached hydrogens (primary N) is 1.